The topological polar surface area (TPSA) is 50.8 Å². The van der Waals surface area contributed by atoms with Crippen molar-refractivity contribution in [2.24, 2.45) is 5.92 Å². The fraction of sp³-hybridized carbons (Fsp3) is 0.588. The lowest BCUT2D eigenvalue weighted by atomic mass is 9.98. The van der Waals surface area contributed by atoms with Gasteiger partial charge in [0.1, 0.15) is 0 Å². The van der Waals surface area contributed by atoms with Crippen LogP contribution in [0.25, 0.3) is 0 Å². The van der Waals surface area contributed by atoms with Gasteiger partial charge >= 0.3 is 0 Å². The van der Waals surface area contributed by atoms with Gasteiger partial charge in [-0.1, -0.05) is 0 Å². The van der Waals surface area contributed by atoms with Crippen LogP contribution in [0.3, 0.4) is 0 Å². The molecule has 1 atom stereocenters. The van der Waals surface area contributed by atoms with Crippen LogP contribution >= 0.6 is 0 Å². The molecule has 22 heavy (non-hydrogen) atoms. The minimum absolute atomic E-state index is 0.0965. The summed E-state index contributed by atoms with van der Waals surface area (Å²) in [6.07, 6.45) is 2.04. The van der Waals surface area contributed by atoms with Crippen molar-refractivity contribution in [2.45, 2.75) is 26.3 Å². The predicted octanol–water partition coefficient (Wildman–Crippen LogP) is 1.97. The molecule has 1 heterocycles. The molecule has 122 valence electrons. The number of carbonyl (C=O) groups excluding carboxylic acids is 1. The molecule has 1 N–H and O–H groups in total. The van der Waals surface area contributed by atoms with E-state index in [0.29, 0.717) is 18.0 Å². The molecule has 0 aromatic heterocycles. The number of benzene rings is 1. The minimum Gasteiger partial charge on any atom is -0.493 e. The fourth-order valence-electron chi connectivity index (χ4n) is 2.90. The third-order valence-corrected chi connectivity index (χ3v) is 4.27. The largest absolute Gasteiger partial charge is 0.493 e. The Morgan fingerprint density at radius 1 is 1.32 bits per heavy atom. The molecule has 0 spiro atoms. The van der Waals surface area contributed by atoms with Crippen LogP contribution in [-0.4, -0.2) is 45.2 Å². The van der Waals surface area contributed by atoms with Crippen molar-refractivity contribution in [1.29, 1.82) is 0 Å². The summed E-state index contributed by atoms with van der Waals surface area (Å²) in [5, 5.41) is 3.30. The zero-order valence-corrected chi connectivity index (χ0v) is 13.9. The molecule has 0 saturated carbocycles. The van der Waals surface area contributed by atoms with Crippen LogP contribution in [0.4, 0.5) is 0 Å². The van der Waals surface area contributed by atoms with Gasteiger partial charge < -0.3 is 19.7 Å². The highest BCUT2D eigenvalue weighted by Crippen LogP contribution is 2.31. The minimum atomic E-state index is 0.0965. The summed E-state index contributed by atoms with van der Waals surface area (Å²) < 4.78 is 10.7. The number of nitrogens with zero attached hydrogens (tertiary/aromatic N) is 1. The standard InChI is InChI=1S/C17H26N2O3/c1-12-8-15(21-3)16(22-4)9-14(12)11-19(2)17(20)13-6-5-7-18-10-13/h8-9,13,18H,5-7,10-11H2,1-4H3. The van der Waals surface area contributed by atoms with E-state index in [0.717, 1.165) is 37.1 Å². The van der Waals surface area contributed by atoms with Crippen LogP contribution in [0.5, 0.6) is 11.5 Å². The molecule has 1 aliphatic heterocycles. The van der Waals surface area contributed by atoms with Crippen LogP contribution < -0.4 is 14.8 Å². The monoisotopic (exact) mass is 306 g/mol. The third-order valence-electron chi connectivity index (χ3n) is 4.27. The summed E-state index contributed by atoms with van der Waals surface area (Å²) in [7, 11) is 5.12. The molecule has 5 nitrogen and oxygen atoms in total. The van der Waals surface area contributed by atoms with Crippen molar-refractivity contribution < 1.29 is 14.3 Å². The molecular weight excluding hydrogens is 280 g/mol. The Labute approximate surface area is 132 Å². The first kappa shape index (κ1) is 16.6. The van der Waals surface area contributed by atoms with Crippen LogP contribution in [-0.2, 0) is 11.3 Å². The summed E-state index contributed by atoms with van der Waals surface area (Å²) in [6, 6.07) is 3.91. The van der Waals surface area contributed by atoms with E-state index in [2.05, 4.69) is 5.32 Å². The fourth-order valence-corrected chi connectivity index (χ4v) is 2.90. The Hall–Kier alpha value is -1.75. The molecule has 1 fully saturated rings. The van der Waals surface area contributed by atoms with E-state index in [9.17, 15) is 4.79 Å². The highest BCUT2D eigenvalue weighted by molar-refractivity contribution is 5.79. The Balaban J connectivity index is 2.10. The van der Waals surface area contributed by atoms with Crippen LogP contribution in [0, 0.1) is 12.8 Å². The van der Waals surface area contributed by atoms with Crippen LogP contribution in [0.1, 0.15) is 24.0 Å². The van der Waals surface area contributed by atoms with E-state index < -0.39 is 0 Å². The van der Waals surface area contributed by atoms with Crippen molar-refractivity contribution >= 4 is 5.91 Å². The molecular formula is C17H26N2O3. The lowest BCUT2D eigenvalue weighted by molar-refractivity contribution is -0.135. The Bertz CT molecular complexity index is 525. The zero-order valence-electron chi connectivity index (χ0n) is 13.9. The highest BCUT2D eigenvalue weighted by Gasteiger charge is 2.24. The van der Waals surface area contributed by atoms with Gasteiger partial charge in [0.05, 0.1) is 20.1 Å². The van der Waals surface area contributed by atoms with Crippen molar-refractivity contribution in [3.05, 3.63) is 23.3 Å². The quantitative estimate of drug-likeness (QED) is 0.903. The van der Waals surface area contributed by atoms with Gasteiger partial charge in [-0.05, 0) is 49.6 Å². The van der Waals surface area contributed by atoms with Crippen molar-refractivity contribution in [3.8, 4) is 11.5 Å². The molecule has 1 amide bonds. The Kier molecular flexibility index (Phi) is 5.66. The molecule has 5 heteroatoms. The van der Waals surface area contributed by atoms with E-state index in [1.54, 1.807) is 14.2 Å². The Morgan fingerprint density at radius 3 is 2.59 bits per heavy atom. The van der Waals surface area contributed by atoms with E-state index >= 15 is 0 Å². The van der Waals surface area contributed by atoms with Gasteiger partial charge in [-0.3, -0.25) is 4.79 Å². The summed E-state index contributed by atoms with van der Waals surface area (Å²) in [6.45, 7) is 4.41. The predicted molar refractivity (Wildman–Crippen MR) is 86.4 cm³/mol. The van der Waals surface area contributed by atoms with Gasteiger partial charge in [0.15, 0.2) is 11.5 Å². The number of hydrogen-bond donors (Lipinski definition) is 1. The molecule has 0 radical (unpaired) electrons. The zero-order chi connectivity index (χ0) is 16.1. The molecule has 0 bridgehead atoms. The second-order valence-electron chi connectivity index (χ2n) is 5.87. The summed E-state index contributed by atoms with van der Waals surface area (Å²) in [4.78, 5) is 14.3. The van der Waals surface area contributed by atoms with Crippen molar-refractivity contribution in [2.75, 3.05) is 34.4 Å². The van der Waals surface area contributed by atoms with Crippen LogP contribution in [0.15, 0.2) is 12.1 Å². The third kappa shape index (κ3) is 3.71. The van der Waals surface area contributed by atoms with Gasteiger partial charge in [-0.15, -0.1) is 0 Å². The normalized spacial score (nSPS) is 17.9. The summed E-state index contributed by atoms with van der Waals surface area (Å²) in [5.74, 6) is 1.72. The molecule has 2 rings (SSSR count). The van der Waals surface area contributed by atoms with Gasteiger partial charge in [0.25, 0.3) is 0 Å². The molecule has 0 aliphatic carbocycles. The average molecular weight is 306 g/mol. The number of carbonyl (C=O) groups is 1. The number of hydrogen-bond acceptors (Lipinski definition) is 4. The van der Waals surface area contributed by atoms with E-state index in [1.807, 2.05) is 31.0 Å². The van der Waals surface area contributed by atoms with Gasteiger partial charge in [-0.25, -0.2) is 0 Å². The number of methoxy groups -OCH3 is 2. The lowest BCUT2D eigenvalue weighted by Gasteiger charge is -2.27. The molecule has 1 unspecified atom stereocenters. The first-order valence-electron chi connectivity index (χ1n) is 7.74. The highest BCUT2D eigenvalue weighted by atomic mass is 16.5. The van der Waals surface area contributed by atoms with Crippen molar-refractivity contribution in [1.82, 2.24) is 10.2 Å². The number of aryl methyl sites for hydroxylation is 1. The maximum absolute atomic E-state index is 12.5. The number of ether oxygens (including phenoxy) is 2. The van der Waals surface area contributed by atoms with E-state index in [4.69, 9.17) is 9.47 Å². The molecule has 1 aromatic rings. The Morgan fingerprint density at radius 2 is 2.00 bits per heavy atom. The van der Waals surface area contributed by atoms with Gasteiger partial charge in [0, 0.05) is 20.1 Å². The average Bonchev–Trinajstić information content (AvgIpc) is 2.56. The SMILES string of the molecule is COc1cc(C)c(CN(C)C(=O)C2CCCNC2)cc1OC. The molecule has 1 aliphatic rings. The summed E-state index contributed by atoms with van der Waals surface area (Å²) in [5.41, 5.74) is 2.18. The van der Waals surface area contributed by atoms with E-state index in [-0.39, 0.29) is 11.8 Å². The summed E-state index contributed by atoms with van der Waals surface area (Å²) >= 11 is 0. The second-order valence-corrected chi connectivity index (χ2v) is 5.87. The van der Waals surface area contributed by atoms with Gasteiger partial charge in [-0.2, -0.15) is 0 Å². The number of nitrogens with one attached hydrogen (secondary N) is 1. The number of amides is 1. The van der Waals surface area contributed by atoms with Gasteiger partial charge in [0.2, 0.25) is 5.91 Å². The lowest BCUT2D eigenvalue weighted by Crippen LogP contribution is -2.41. The smallest absolute Gasteiger partial charge is 0.227 e. The number of piperidine rings is 1. The van der Waals surface area contributed by atoms with E-state index in [1.165, 1.54) is 0 Å². The number of rotatable bonds is 5. The first-order chi connectivity index (χ1) is 10.6. The maximum Gasteiger partial charge on any atom is 0.227 e. The maximum atomic E-state index is 12.5. The molecule has 1 aromatic carbocycles. The van der Waals surface area contributed by atoms with Crippen molar-refractivity contribution in [3.63, 3.8) is 0 Å². The van der Waals surface area contributed by atoms with Crippen LogP contribution in [0.2, 0.25) is 0 Å². The first-order valence-corrected chi connectivity index (χ1v) is 7.74. The second kappa shape index (κ2) is 7.49. The molecule has 1 saturated heterocycles.